The molecule has 0 spiro atoms. The average molecular weight is 200 g/mol. The van der Waals surface area contributed by atoms with E-state index in [0.717, 1.165) is 0 Å². The summed E-state index contributed by atoms with van der Waals surface area (Å²) in [6.07, 6.45) is 0. The lowest BCUT2D eigenvalue weighted by atomic mass is 9.98. The Balaban J connectivity index is 3.37. The zero-order valence-electron chi connectivity index (χ0n) is 8.70. The molecular weight excluding hydrogens is 186 g/mol. The number of amides is 1. The van der Waals surface area contributed by atoms with Gasteiger partial charge in [-0.05, 0) is 13.8 Å². The molecule has 1 rings (SSSR count). The molecule has 6 heteroatoms. The van der Waals surface area contributed by atoms with E-state index in [1.807, 2.05) is 0 Å². The Hall–Kier alpha value is -1.14. The first-order valence-corrected chi connectivity index (χ1v) is 4.25. The number of primary amides is 1. The van der Waals surface area contributed by atoms with Crippen LogP contribution in [0.4, 0.5) is 0 Å². The lowest BCUT2D eigenvalue weighted by Crippen LogP contribution is -2.52. The third kappa shape index (κ3) is 1.11. The predicted octanol–water partition coefficient (Wildman–Crippen LogP) is -0.401. The molecule has 0 atom stereocenters. The van der Waals surface area contributed by atoms with Gasteiger partial charge in [-0.15, -0.1) is 5.21 Å². The second-order valence-corrected chi connectivity index (χ2v) is 4.36. The van der Waals surface area contributed by atoms with Gasteiger partial charge in [-0.3, -0.25) is 4.79 Å². The van der Waals surface area contributed by atoms with Gasteiger partial charge >= 0.3 is 5.91 Å². The summed E-state index contributed by atoms with van der Waals surface area (Å²) in [5.41, 5.74) is 2.41. The lowest BCUT2D eigenvalue weighted by Gasteiger charge is -2.27. The summed E-state index contributed by atoms with van der Waals surface area (Å²) in [6, 6.07) is 0. The molecule has 14 heavy (non-hydrogen) atoms. The van der Waals surface area contributed by atoms with Gasteiger partial charge < -0.3 is 10.9 Å². The Morgan fingerprint density at radius 3 is 2.00 bits per heavy atom. The molecule has 0 aliphatic carbocycles. The molecule has 0 aromatic carbocycles. The highest BCUT2D eigenvalue weighted by Crippen LogP contribution is 2.32. The van der Waals surface area contributed by atoms with Gasteiger partial charge in [-0.1, -0.05) is 5.06 Å². The maximum Gasteiger partial charge on any atom is 0.311 e. The SMILES string of the molecule is CC1(C)C(C(N)=O)=[N+]([O-])C(C)(C)N1[O]. The molecule has 1 aliphatic rings. The van der Waals surface area contributed by atoms with Crippen molar-refractivity contribution in [3.8, 4) is 0 Å². The van der Waals surface area contributed by atoms with Gasteiger partial charge in [0.2, 0.25) is 5.66 Å². The zero-order chi connectivity index (χ0) is 11.3. The molecule has 0 saturated heterocycles. The van der Waals surface area contributed by atoms with E-state index >= 15 is 0 Å². The minimum Gasteiger partial charge on any atom is -0.622 e. The Bertz CT molecular complexity index is 320. The highest BCUT2D eigenvalue weighted by molar-refractivity contribution is 6.39. The fourth-order valence-corrected chi connectivity index (χ4v) is 1.79. The van der Waals surface area contributed by atoms with Crippen LogP contribution < -0.4 is 5.73 Å². The van der Waals surface area contributed by atoms with Gasteiger partial charge in [0.05, 0.1) is 0 Å². The Morgan fingerprint density at radius 2 is 1.86 bits per heavy atom. The van der Waals surface area contributed by atoms with Crippen LogP contribution in [0.15, 0.2) is 0 Å². The summed E-state index contributed by atoms with van der Waals surface area (Å²) in [6.45, 7) is 5.90. The fraction of sp³-hybridized carbons (Fsp3) is 0.750. The molecule has 1 radical (unpaired) electrons. The van der Waals surface area contributed by atoms with E-state index in [4.69, 9.17) is 5.73 Å². The van der Waals surface area contributed by atoms with Crippen LogP contribution in [0, 0.1) is 5.21 Å². The maximum absolute atomic E-state index is 11.7. The number of carbonyl (C=O) groups is 1. The van der Waals surface area contributed by atoms with Gasteiger partial charge in [-0.2, -0.15) is 4.74 Å². The van der Waals surface area contributed by atoms with Crippen molar-refractivity contribution in [1.82, 2.24) is 5.06 Å². The van der Waals surface area contributed by atoms with Crippen molar-refractivity contribution in [2.45, 2.75) is 38.9 Å². The number of rotatable bonds is 1. The van der Waals surface area contributed by atoms with E-state index in [-0.39, 0.29) is 5.71 Å². The number of nitrogens with two attached hydrogens (primary N) is 1. The topological polar surface area (TPSA) is 92.3 Å². The Labute approximate surface area is 82.2 Å². The minimum atomic E-state index is -1.28. The van der Waals surface area contributed by atoms with Crippen LogP contribution in [0.5, 0.6) is 0 Å². The Morgan fingerprint density at radius 1 is 1.43 bits per heavy atom. The molecule has 79 valence electrons. The summed E-state index contributed by atoms with van der Waals surface area (Å²) in [4.78, 5) is 11.0. The van der Waals surface area contributed by atoms with Crippen molar-refractivity contribution in [2.24, 2.45) is 5.73 Å². The van der Waals surface area contributed by atoms with Gasteiger partial charge in [0, 0.05) is 13.8 Å². The molecule has 0 saturated carbocycles. The number of hydrogen-bond acceptors (Lipinski definition) is 3. The largest absolute Gasteiger partial charge is 0.622 e. The second-order valence-electron chi connectivity index (χ2n) is 4.36. The molecule has 1 amide bonds. The fourth-order valence-electron chi connectivity index (χ4n) is 1.79. The molecule has 6 nitrogen and oxygen atoms in total. The number of carbonyl (C=O) groups excluding carboxylic acids is 1. The highest BCUT2D eigenvalue weighted by Gasteiger charge is 2.59. The molecule has 1 heterocycles. The predicted molar refractivity (Wildman–Crippen MR) is 48.5 cm³/mol. The van der Waals surface area contributed by atoms with E-state index in [1.54, 1.807) is 0 Å². The molecule has 0 aromatic heterocycles. The number of hydrogen-bond donors (Lipinski definition) is 1. The van der Waals surface area contributed by atoms with Crippen molar-refractivity contribution in [2.75, 3.05) is 0 Å². The van der Waals surface area contributed by atoms with Crippen LogP contribution in [-0.4, -0.2) is 32.6 Å². The van der Waals surface area contributed by atoms with E-state index in [1.165, 1.54) is 27.7 Å². The zero-order valence-corrected chi connectivity index (χ0v) is 8.70. The summed E-state index contributed by atoms with van der Waals surface area (Å²) in [5.74, 6) is -0.851. The lowest BCUT2D eigenvalue weighted by molar-refractivity contribution is -0.586. The van der Waals surface area contributed by atoms with Crippen LogP contribution in [0.25, 0.3) is 0 Å². The summed E-state index contributed by atoms with van der Waals surface area (Å²) in [7, 11) is 0. The molecule has 0 fully saturated rings. The molecular formula is C8H14N3O3. The normalized spacial score (nSPS) is 25.5. The first kappa shape index (κ1) is 10.9. The Kier molecular flexibility index (Phi) is 2.09. The smallest absolute Gasteiger partial charge is 0.311 e. The number of hydroxylamine groups is 3. The van der Waals surface area contributed by atoms with Crippen molar-refractivity contribution in [3.05, 3.63) is 5.21 Å². The molecule has 0 aromatic rings. The molecule has 2 N–H and O–H groups in total. The van der Waals surface area contributed by atoms with Gasteiger partial charge in [0.15, 0.2) is 0 Å². The first-order valence-electron chi connectivity index (χ1n) is 4.25. The van der Waals surface area contributed by atoms with E-state index in [0.29, 0.717) is 9.80 Å². The van der Waals surface area contributed by atoms with Crippen LogP contribution >= 0.6 is 0 Å². The quantitative estimate of drug-likeness (QED) is 0.461. The standard InChI is InChI=1S/C8H14N3O3/c1-7(2)5(6(9)12)10(13)8(3,4)11(7)14/h1-4H3,(H2,9,12). The van der Waals surface area contributed by atoms with Crippen molar-refractivity contribution < 1.29 is 14.7 Å². The summed E-state index contributed by atoms with van der Waals surface area (Å²) >= 11 is 0. The molecule has 0 unspecified atom stereocenters. The molecule has 1 aliphatic heterocycles. The highest BCUT2D eigenvalue weighted by atomic mass is 16.6. The average Bonchev–Trinajstić information content (AvgIpc) is 2.10. The maximum atomic E-state index is 11.7. The van der Waals surface area contributed by atoms with Crippen LogP contribution in [-0.2, 0) is 10.0 Å². The van der Waals surface area contributed by atoms with Crippen molar-refractivity contribution >= 4 is 11.6 Å². The molecule has 0 bridgehead atoms. The van der Waals surface area contributed by atoms with E-state index < -0.39 is 17.1 Å². The third-order valence-electron chi connectivity index (χ3n) is 2.52. The van der Waals surface area contributed by atoms with Crippen molar-refractivity contribution in [3.63, 3.8) is 0 Å². The van der Waals surface area contributed by atoms with E-state index in [9.17, 15) is 15.2 Å². The summed E-state index contributed by atoms with van der Waals surface area (Å²) < 4.78 is 0.391. The van der Waals surface area contributed by atoms with Crippen LogP contribution in [0.3, 0.4) is 0 Å². The van der Waals surface area contributed by atoms with Gasteiger partial charge in [0.1, 0.15) is 5.54 Å². The van der Waals surface area contributed by atoms with Gasteiger partial charge in [-0.25, -0.2) is 0 Å². The second kappa shape index (κ2) is 2.68. The first-order chi connectivity index (χ1) is 6.13. The monoisotopic (exact) mass is 200 g/mol. The minimum absolute atomic E-state index is 0.197. The summed E-state index contributed by atoms with van der Waals surface area (Å²) in [5, 5.41) is 23.9. The number of nitrogens with zero attached hydrogens (tertiary/aromatic N) is 2. The third-order valence-corrected chi connectivity index (χ3v) is 2.52. The van der Waals surface area contributed by atoms with Crippen LogP contribution in [0.2, 0.25) is 0 Å². The van der Waals surface area contributed by atoms with Crippen molar-refractivity contribution in [1.29, 1.82) is 0 Å². The van der Waals surface area contributed by atoms with Crippen LogP contribution in [0.1, 0.15) is 27.7 Å². The van der Waals surface area contributed by atoms with Gasteiger partial charge in [0.25, 0.3) is 5.71 Å². The van der Waals surface area contributed by atoms with E-state index in [2.05, 4.69) is 0 Å².